The Bertz CT molecular complexity index is 1570. The fourth-order valence-corrected chi connectivity index (χ4v) is 6.63. The second kappa shape index (κ2) is 12.1. The molecule has 1 aromatic carbocycles. The molecular formula is C28H33F4N7O6. The van der Waals surface area contributed by atoms with Gasteiger partial charge in [-0.05, 0) is 43.0 Å². The topological polar surface area (TPSA) is 122 Å². The molecule has 2 aromatic rings. The van der Waals surface area contributed by atoms with E-state index in [1.807, 2.05) is 4.90 Å². The van der Waals surface area contributed by atoms with Crippen LogP contribution in [0.1, 0.15) is 12.0 Å². The van der Waals surface area contributed by atoms with E-state index < -0.39 is 48.0 Å². The second-order valence-electron chi connectivity index (χ2n) is 11.5. The van der Waals surface area contributed by atoms with E-state index in [4.69, 9.17) is 9.57 Å². The van der Waals surface area contributed by atoms with Crippen LogP contribution in [0.3, 0.4) is 0 Å². The summed E-state index contributed by atoms with van der Waals surface area (Å²) >= 11 is 0. The van der Waals surface area contributed by atoms with Crippen LogP contribution in [0.15, 0.2) is 33.9 Å². The molecule has 0 radical (unpaired) electrons. The molecular weight excluding hydrogens is 606 g/mol. The molecule has 244 valence electrons. The van der Waals surface area contributed by atoms with Gasteiger partial charge >= 0.3 is 17.8 Å². The van der Waals surface area contributed by atoms with Crippen molar-refractivity contribution in [2.45, 2.75) is 37.9 Å². The summed E-state index contributed by atoms with van der Waals surface area (Å²) in [7, 11) is 1.25. The van der Waals surface area contributed by atoms with Crippen LogP contribution in [0.2, 0.25) is 0 Å². The van der Waals surface area contributed by atoms with Crippen molar-refractivity contribution in [2.24, 2.45) is 13.0 Å². The average Bonchev–Trinajstić information content (AvgIpc) is 3.72. The molecule has 3 atom stereocenters. The molecule has 4 aliphatic rings. The Hall–Kier alpha value is -3.96. The van der Waals surface area contributed by atoms with Crippen LogP contribution in [-0.2, 0) is 39.2 Å². The minimum absolute atomic E-state index is 0.0233. The number of ether oxygens (including phenoxy) is 1. The van der Waals surface area contributed by atoms with Crippen molar-refractivity contribution < 1.29 is 36.7 Å². The third kappa shape index (κ3) is 5.79. The highest BCUT2D eigenvalue weighted by Crippen LogP contribution is 2.42. The number of carbonyl (C=O) groups excluding carboxylic acids is 2. The molecule has 6 rings (SSSR count). The van der Waals surface area contributed by atoms with Gasteiger partial charge in [0.05, 0.1) is 13.2 Å². The van der Waals surface area contributed by atoms with Crippen LogP contribution in [0.25, 0.3) is 0 Å². The van der Waals surface area contributed by atoms with Crippen molar-refractivity contribution >= 4 is 23.4 Å². The lowest BCUT2D eigenvalue weighted by molar-refractivity contribution is -0.203. The molecule has 3 fully saturated rings. The third-order valence-electron chi connectivity index (χ3n) is 8.89. The van der Waals surface area contributed by atoms with Gasteiger partial charge in [0.15, 0.2) is 17.8 Å². The first-order chi connectivity index (χ1) is 21.5. The molecule has 0 aliphatic carbocycles. The maximum atomic E-state index is 14.2. The largest absolute Gasteiger partial charge is 0.493 e. The summed E-state index contributed by atoms with van der Waals surface area (Å²) in [5.74, 6) is -3.63. The number of nitrogens with zero attached hydrogens (tertiary/aromatic N) is 6. The number of nitrogens with one attached hydrogen (secondary N) is 1. The van der Waals surface area contributed by atoms with Gasteiger partial charge in [-0.25, -0.2) is 18.5 Å². The Balaban J connectivity index is 1.46. The summed E-state index contributed by atoms with van der Waals surface area (Å²) in [6.07, 6.45) is -5.65. The lowest BCUT2D eigenvalue weighted by Crippen LogP contribution is -2.59. The van der Waals surface area contributed by atoms with Crippen LogP contribution in [0.5, 0.6) is 0 Å². The summed E-state index contributed by atoms with van der Waals surface area (Å²) in [4.78, 5) is 63.0. The van der Waals surface area contributed by atoms with Crippen molar-refractivity contribution in [3.8, 4) is 0 Å². The molecule has 3 unspecified atom stereocenters. The van der Waals surface area contributed by atoms with E-state index in [-0.39, 0.29) is 49.5 Å². The van der Waals surface area contributed by atoms with Gasteiger partial charge < -0.3 is 24.7 Å². The Labute approximate surface area is 254 Å². The first-order valence-corrected chi connectivity index (χ1v) is 14.7. The molecule has 5 heterocycles. The predicted octanol–water partition coefficient (Wildman–Crippen LogP) is 0.0118. The van der Waals surface area contributed by atoms with Gasteiger partial charge in [0.25, 0.3) is 5.56 Å². The number of halogens is 4. The van der Waals surface area contributed by atoms with Gasteiger partial charge in [0.1, 0.15) is 12.4 Å². The molecule has 3 saturated heterocycles. The van der Waals surface area contributed by atoms with Gasteiger partial charge in [0.2, 0.25) is 5.91 Å². The molecule has 13 nitrogen and oxygen atoms in total. The number of alkyl halides is 3. The van der Waals surface area contributed by atoms with Crippen molar-refractivity contribution in [2.75, 3.05) is 62.4 Å². The van der Waals surface area contributed by atoms with E-state index >= 15 is 0 Å². The monoisotopic (exact) mass is 639 g/mol. The van der Waals surface area contributed by atoms with E-state index in [1.54, 1.807) is 12.1 Å². The summed E-state index contributed by atoms with van der Waals surface area (Å²) in [5, 5.41) is 3.98. The van der Waals surface area contributed by atoms with Crippen molar-refractivity contribution in [1.82, 2.24) is 24.3 Å². The molecule has 0 saturated carbocycles. The van der Waals surface area contributed by atoms with Crippen LogP contribution in [0.4, 0.5) is 29.1 Å². The number of hydrogen-bond acceptors (Lipinski definition) is 10. The average molecular weight is 640 g/mol. The van der Waals surface area contributed by atoms with Gasteiger partial charge in [-0.3, -0.25) is 19.1 Å². The number of hydrogen-bond donors (Lipinski definition) is 1. The summed E-state index contributed by atoms with van der Waals surface area (Å²) in [6.45, 7) is 2.19. The van der Waals surface area contributed by atoms with Gasteiger partial charge in [-0.2, -0.15) is 13.2 Å². The minimum atomic E-state index is -5.37. The smallest absolute Gasteiger partial charge is 0.378 e. The second-order valence-corrected chi connectivity index (χ2v) is 11.5. The minimum Gasteiger partial charge on any atom is -0.378 e. The SMILES string of the molecule is Cn1c2c(c(=O)n(CC(=O)N3CCOCC3)c1=O)N(CCc1ccc(F)cc1)C(N1CCC3CNCC31)N2OC(=O)C(F)(F)F. The fourth-order valence-electron chi connectivity index (χ4n) is 6.63. The van der Waals surface area contributed by atoms with E-state index in [2.05, 4.69) is 5.32 Å². The van der Waals surface area contributed by atoms with Crippen LogP contribution in [-0.4, -0.2) is 102 Å². The number of fused-ring (bicyclic) bond motifs is 2. The zero-order chi connectivity index (χ0) is 32.0. The maximum Gasteiger partial charge on any atom is 0.493 e. The summed E-state index contributed by atoms with van der Waals surface area (Å²) < 4.78 is 61.3. The lowest BCUT2D eigenvalue weighted by Gasteiger charge is -2.39. The molecule has 1 N–H and O–H groups in total. The molecule has 45 heavy (non-hydrogen) atoms. The lowest BCUT2D eigenvalue weighted by atomic mass is 10.1. The number of morpholine rings is 1. The van der Waals surface area contributed by atoms with Gasteiger partial charge in [0, 0.05) is 45.8 Å². The first kappa shape index (κ1) is 31.0. The normalized spacial score (nSPS) is 23.4. The van der Waals surface area contributed by atoms with Crippen molar-refractivity contribution in [1.29, 1.82) is 0 Å². The Morgan fingerprint density at radius 2 is 1.78 bits per heavy atom. The molecule has 0 spiro atoms. The van der Waals surface area contributed by atoms with Gasteiger partial charge in [-0.15, -0.1) is 5.06 Å². The van der Waals surface area contributed by atoms with Crippen molar-refractivity contribution in [3.05, 3.63) is 56.5 Å². The molecule has 4 aliphatic heterocycles. The Kier molecular flexibility index (Phi) is 8.34. The third-order valence-corrected chi connectivity index (χ3v) is 8.89. The number of rotatable bonds is 7. The van der Waals surface area contributed by atoms with E-state index in [0.717, 1.165) is 9.13 Å². The molecule has 1 amide bonds. The highest BCUT2D eigenvalue weighted by atomic mass is 19.4. The molecule has 17 heteroatoms. The summed E-state index contributed by atoms with van der Waals surface area (Å²) in [6, 6.07) is 5.48. The number of hydroxylamine groups is 1. The maximum absolute atomic E-state index is 14.2. The number of carbonyl (C=O) groups is 2. The standard InChI is InChI=1S/C28H33F4N7O6/c1-34-23-22(24(41)38(27(34)43)16-21(40)35-10-12-44-13-11-35)37(8-6-17-2-4-19(29)5-3-17)26(39(23)45-25(42)28(30,31)32)36-9-7-18-14-33-15-20(18)36/h2-5,18,20,26,33H,6-16H2,1H3. The highest BCUT2D eigenvalue weighted by Gasteiger charge is 2.54. The molecule has 0 bridgehead atoms. The Morgan fingerprint density at radius 1 is 1.07 bits per heavy atom. The highest BCUT2D eigenvalue weighted by molar-refractivity contribution is 5.80. The fraction of sp³-hybridized carbons (Fsp3) is 0.571. The number of anilines is 2. The Morgan fingerprint density at radius 3 is 2.47 bits per heavy atom. The van der Waals surface area contributed by atoms with E-state index in [0.29, 0.717) is 49.9 Å². The van der Waals surface area contributed by atoms with E-state index in [1.165, 1.54) is 29.0 Å². The van der Waals surface area contributed by atoms with E-state index in [9.17, 15) is 36.7 Å². The number of aromatic nitrogens is 2. The summed E-state index contributed by atoms with van der Waals surface area (Å²) in [5.41, 5.74) is -1.39. The van der Waals surface area contributed by atoms with Crippen molar-refractivity contribution in [3.63, 3.8) is 0 Å². The number of benzene rings is 1. The van der Waals surface area contributed by atoms with Crippen LogP contribution < -0.4 is 26.5 Å². The number of likely N-dealkylation sites (tertiary alicyclic amines) is 1. The predicted molar refractivity (Wildman–Crippen MR) is 151 cm³/mol. The van der Waals surface area contributed by atoms with Gasteiger partial charge in [-0.1, -0.05) is 12.1 Å². The van der Waals surface area contributed by atoms with Crippen LogP contribution in [0, 0.1) is 11.7 Å². The zero-order valence-corrected chi connectivity index (χ0v) is 24.5. The first-order valence-electron chi connectivity index (χ1n) is 14.7. The molecule has 1 aromatic heterocycles. The van der Waals surface area contributed by atoms with Crippen LogP contribution >= 0.6 is 0 Å². The quantitative estimate of drug-likeness (QED) is 0.415. The number of amides is 1. The zero-order valence-electron chi connectivity index (χ0n) is 24.5.